The first kappa shape index (κ1) is 11.1. The summed E-state index contributed by atoms with van der Waals surface area (Å²) < 4.78 is 7.12. The number of hydrogen-bond donors (Lipinski definition) is 1. The highest BCUT2D eigenvalue weighted by Crippen LogP contribution is 2.25. The maximum absolute atomic E-state index is 12.1. The Labute approximate surface area is 106 Å². The number of nitrogens with one attached hydrogen (secondary N) is 1. The van der Waals surface area contributed by atoms with Crippen LogP contribution in [0.3, 0.4) is 0 Å². The summed E-state index contributed by atoms with van der Waals surface area (Å²) in [5.41, 5.74) is 1.71. The molecule has 0 unspecified atom stereocenters. The van der Waals surface area contributed by atoms with E-state index in [9.17, 15) is 4.79 Å². The zero-order chi connectivity index (χ0) is 12.7. The fourth-order valence-electron chi connectivity index (χ4n) is 2.14. The number of aryl methyl sites for hydroxylation is 1. The first-order valence-corrected chi connectivity index (χ1v) is 6.13. The van der Waals surface area contributed by atoms with E-state index in [0.29, 0.717) is 11.7 Å². The molecule has 1 aliphatic rings. The minimum atomic E-state index is 0.00941. The Balaban J connectivity index is 2.01. The van der Waals surface area contributed by atoms with Crippen LogP contribution in [0.15, 0.2) is 24.3 Å². The summed E-state index contributed by atoms with van der Waals surface area (Å²) in [6.07, 6.45) is 2.20. The minimum Gasteiger partial charge on any atom is -0.497 e. The highest BCUT2D eigenvalue weighted by Gasteiger charge is 2.25. The van der Waals surface area contributed by atoms with E-state index >= 15 is 0 Å². The standard InChI is InChI=1S/C14H16N2O2/c1-16-12-8-11(18-2)6-3-9(12)7-13(16)14(17)15-10-4-5-10/h3,6-8,10H,4-5H2,1-2H3,(H,15,17). The van der Waals surface area contributed by atoms with Crippen molar-refractivity contribution < 1.29 is 9.53 Å². The lowest BCUT2D eigenvalue weighted by Gasteiger charge is -2.05. The monoisotopic (exact) mass is 244 g/mol. The van der Waals surface area contributed by atoms with Gasteiger partial charge in [-0.2, -0.15) is 0 Å². The molecule has 1 amide bonds. The van der Waals surface area contributed by atoms with Gasteiger partial charge >= 0.3 is 0 Å². The van der Waals surface area contributed by atoms with Crippen molar-refractivity contribution in [1.29, 1.82) is 0 Å². The Morgan fingerprint density at radius 2 is 2.17 bits per heavy atom. The van der Waals surface area contributed by atoms with Gasteiger partial charge in [-0.1, -0.05) is 0 Å². The molecule has 18 heavy (non-hydrogen) atoms. The van der Waals surface area contributed by atoms with Gasteiger partial charge in [-0.15, -0.1) is 0 Å². The van der Waals surface area contributed by atoms with Crippen molar-refractivity contribution in [3.63, 3.8) is 0 Å². The van der Waals surface area contributed by atoms with Crippen LogP contribution in [0.5, 0.6) is 5.75 Å². The summed E-state index contributed by atoms with van der Waals surface area (Å²) in [6, 6.07) is 8.13. The van der Waals surface area contributed by atoms with Crippen molar-refractivity contribution in [2.75, 3.05) is 7.11 Å². The van der Waals surface area contributed by atoms with E-state index in [-0.39, 0.29) is 5.91 Å². The number of amides is 1. The third-order valence-corrected chi connectivity index (χ3v) is 3.40. The number of carbonyl (C=O) groups is 1. The van der Waals surface area contributed by atoms with Gasteiger partial charge in [-0.3, -0.25) is 4.79 Å². The summed E-state index contributed by atoms with van der Waals surface area (Å²) in [7, 11) is 3.55. The van der Waals surface area contributed by atoms with E-state index in [2.05, 4.69) is 5.32 Å². The molecule has 1 aromatic heterocycles. The maximum atomic E-state index is 12.1. The Morgan fingerprint density at radius 1 is 1.39 bits per heavy atom. The molecule has 1 fully saturated rings. The second kappa shape index (κ2) is 4.05. The van der Waals surface area contributed by atoms with Crippen LogP contribution in [-0.4, -0.2) is 23.6 Å². The van der Waals surface area contributed by atoms with Crippen LogP contribution >= 0.6 is 0 Å². The predicted molar refractivity (Wildman–Crippen MR) is 70.0 cm³/mol. The third kappa shape index (κ3) is 1.83. The molecule has 0 bridgehead atoms. The molecular weight excluding hydrogens is 228 g/mol. The Bertz CT molecular complexity index is 612. The Hall–Kier alpha value is -1.97. The average molecular weight is 244 g/mol. The smallest absolute Gasteiger partial charge is 0.268 e. The molecule has 1 aliphatic carbocycles. The van der Waals surface area contributed by atoms with Crippen molar-refractivity contribution >= 4 is 16.8 Å². The third-order valence-electron chi connectivity index (χ3n) is 3.40. The van der Waals surface area contributed by atoms with E-state index in [0.717, 1.165) is 29.5 Å². The molecule has 0 atom stereocenters. The van der Waals surface area contributed by atoms with Crippen molar-refractivity contribution in [3.05, 3.63) is 30.0 Å². The number of aromatic nitrogens is 1. The van der Waals surface area contributed by atoms with Crippen LogP contribution in [-0.2, 0) is 7.05 Å². The molecular formula is C14H16N2O2. The molecule has 3 rings (SSSR count). The molecule has 0 saturated heterocycles. The second-order valence-electron chi connectivity index (χ2n) is 4.76. The van der Waals surface area contributed by atoms with Crippen LogP contribution in [0.2, 0.25) is 0 Å². The van der Waals surface area contributed by atoms with E-state index in [1.165, 1.54) is 0 Å². The first-order chi connectivity index (χ1) is 8.69. The molecule has 1 N–H and O–H groups in total. The molecule has 0 spiro atoms. The number of ether oxygens (including phenoxy) is 1. The van der Waals surface area contributed by atoms with E-state index < -0.39 is 0 Å². The lowest BCUT2D eigenvalue weighted by Crippen LogP contribution is -2.27. The molecule has 4 nitrogen and oxygen atoms in total. The summed E-state index contributed by atoms with van der Waals surface area (Å²) >= 11 is 0. The van der Waals surface area contributed by atoms with Gasteiger partial charge in [0.05, 0.1) is 12.6 Å². The fraction of sp³-hybridized carbons (Fsp3) is 0.357. The highest BCUT2D eigenvalue weighted by atomic mass is 16.5. The number of benzene rings is 1. The Morgan fingerprint density at radius 3 is 2.83 bits per heavy atom. The van der Waals surface area contributed by atoms with Gasteiger partial charge in [0, 0.05) is 24.5 Å². The van der Waals surface area contributed by atoms with Crippen LogP contribution in [0.1, 0.15) is 23.3 Å². The SMILES string of the molecule is COc1ccc2cc(C(=O)NC3CC3)n(C)c2c1. The van der Waals surface area contributed by atoms with Gasteiger partial charge in [-0.05, 0) is 31.0 Å². The molecule has 1 saturated carbocycles. The van der Waals surface area contributed by atoms with Crippen LogP contribution < -0.4 is 10.1 Å². The number of rotatable bonds is 3. The quantitative estimate of drug-likeness (QED) is 0.898. The largest absolute Gasteiger partial charge is 0.497 e. The number of hydrogen-bond acceptors (Lipinski definition) is 2. The summed E-state index contributed by atoms with van der Waals surface area (Å²) in [5.74, 6) is 0.813. The van der Waals surface area contributed by atoms with Gasteiger partial charge < -0.3 is 14.6 Å². The van der Waals surface area contributed by atoms with Crippen molar-refractivity contribution in [2.45, 2.75) is 18.9 Å². The van der Waals surface area contributed by atoms with E-state index in [1.807, 2.05) is 35.9 Å². The maximum Gasteiger partial charge on any atom is 0.268 e. The molecule has 1 heterocycles. The number of nitrogens with zero attached hydrogens (tertiary/aromatic N) is 1. The summed E-state index contributed by atoms with van der Waals surface area (Å²) in [5, 5.41) is 4.06. The van der Waals surface area contributed by atoms with Crippen molar-refractivity contribution in [1.82, 2.24) is 9.88 Å². The Kier molecular flexibility index (Phi) is 2.51. The minimum absolute atomic E-state index is 0.00941. The molecule has 2 aromatic rings. The second-order valence-corrected chi connectivity index (χ2v) is 4.76. The summed E-state index contributed by atoms with van der Waals surface area (Å²) in [4.78, 5) is 12.1. The molecule has 4 heteroatoms. The van der Waals surface area contributed by atoms with Crippen molar-refractivity contribution in [3.8, 4) is 5.75 Å². The highest BCUT2D eigenvalue weighted by molar-refractivity contribution is 5.99. The topological polar surface area (TPSA) is 43.3 Å². The molecule has 0 radical (unpaired) electrons. The van der Waals surface area contributed by atoms with Crippen molar-refractivity contribution in [2.24, 2.45) is 7.05 Å². The zero-order valence-corrected chi connectivity index (χ0v) is 10.6. The van der Waals surface area contributed by atoms with Gasteiger partial charge in [0.25, 0.3) is 5.91 Å². The van der Waals surface area contributed by atoms with Gasteiger partial charge in [0.2, 0.25) is 0 Å². The van der Waals surface area contributed by atoms with Crippen LogP contribution in [0, 0.1) is 0 Å². The predicted octanol–water partition coefficient (Wildman–Crippen LogP) is 2.08. The zero-order valence-electron chi connectivity index (χ0n) is 10.6. The lowest BCUT2D eigenvalue weighted by atomic mass is 10.2. The van der Waals surface area contributed by atoms with Gasteiger partial charge in [0.15, 0.2) is 0 Å². The van der Waals surface area contributed by atoms with Gasteiger partial charge in [-0.25, -0.2) is 0 Å². The number of fused-ring (bicyclic) bond motifs is 1. The fourth-order valence-corrected chi connectivity index (χ4v) is 2.14. The molecule has 0 aliphatic heterocycles. The van der Waals surface area contributed by atoms with Crippen LogP contribution in [0.4, 0.5) is 0 Å². The summed E-state index contributed by atoms with van der Waals surface area (Å²) in [6.45, 7) is 0. The molecule has 94 valence electrons. The van der Waals surface area contributed by atoms with Crippen LogP contribution in [0.25, 0.3) is 10.9 Å². The lowest BCUT2D eigenvalue weighted by molar-refractivity contribution is 0.0943. The number of methoxy groups -OCH3 is 1. The average Bonchev–Trinajstić information content (AvgIpc) is 3.13. The number of carbonyl (C=O) groups excluding carboxylic acids is 1. The molecule has 1 aromatic carbocycles. The van der Waals surface area contributed by atoms with Gasteiger partial charge in [0.1, 0.15) is 11.4 Å². The van der Waals surface area contributed by atoms with E-state index in [4.69, 9.17) is 4.74 Å². The first-order valence-electron chi connectivity index (χ1n) is 6.13. The normalized spacial score (nSPS) is 14.8. The van der Waals surface area contributed by atoms with E-state index in [1.54, 1.807) is 7.11 Å².